The second-order valence-corrected chi connectivity index (χ2v) is 14.1. The van der Waals surface area contributed by atoms with E-state index in [1.165, 1.54) is 0 Å². The molecule has 0 aromatic heterocycles. The molecule has 0 aliphatic heterocycles. The summed E-state index contributed by atoms with van der Waals surface area (Å²) in [6, 6.07) is 46.1. The summed E-state index contributed by atoms with van der Waals surface area (Å²) in [5, 5.41) is 0. The first kappa shape index (κ1) is 44.6. The molecule has 320 valence electrons. The third-order valence-corrected chi connectivity index (χ3v) is 9.83. The summed E-state index contributed by atoms with van der Waals surface area (Å²) in [4.78, 5) is 53.7. The second kappa shape index (κ2) is 21.0. The molecule has 0 saturated heterocycles. The molecule has 0 aliphatic rings. The van der Waals surface area contributed by atoms with Crippen LogP contribution in [0.25, 0.3) is 11.1 Å². The Labute approximate surface area is 367 Å². The van der Waals surface area contributed by atoms with E-state index in [9.17, 15) is 19.2 Å². The zero-order valence-corrected chi connectivity index (χ0v) is 35.7. The molecule has 0 radical (unpaired) electrons. The fourth-order valence-corrected chi connectivity index (χ4v) is 6.69. The number of methoxy groups -OCH3 is 1. The zero-order valence-electron chi connectivity index (χ0n) is 35.7. The van der Waals surface area contributed by atoms with Gasteiger partial charge in [-0.3, -0.25) is 0 Å². The van der Waals surface area contributed by atoms with Gasteiger partial charge < -0.3 is 33.5 Å². The van der Waals surface area contributed by atoms with E-state index in [2.05, 4.69) is 43.2 Å². The summed E-state index contributed by atoms with van der Waals surface area (Å²) in [5.74, 6) is -1.78. The predicted molar refractivity (Wildman–Crippen MR) is 245 cm³/mol. The number of carbonyl (C=O) groups excluding carboxylic acids is 4. The predicted octanol–water partition coefficient (Wildman–Crippen LogP) is 11.2. The number of nitrogens with zero attached hydrogens (tertiary/aromatic N) is 2. The molecule has 11 heteroatoms. The van der Waals surface area contributed by atoms with Gasteiger partial charge in [-0.2, -0.15) is 0 Å². The molecule has 0 saturated carbocycles. The lowest BCUT2D eigenvalue weighted by Gasteiger charge is -2.28. The van der Waals surface area contributed by atoms with Crippen LogP contribution in [-0.2, 0) is 28.5 Å². The molecule has 0 unspecified atom stereocenters. The zero-order chi connectivity index (χ0) is 44.9. The highest BCUT2D eigenvalue weighted by atomic mass is 16.6. The normalized spacial score (nSPS) is 10.5. The van der Waals surface area contributed by atoms with Crippen LogP contribution in [0.1, 0.15) is 40.1 Å². The molecule has 0 bridgehead atoms. The van der Waals surface area contributed by atoms with Crippen LogP contribution in [0.4, 0.5) is 34.1 Å². The lowest BCUT2D eigenvalue weighted by atomic mass is 10.00. The van der Waals surface area contributed by atoms with Crippen molar-refractivity contribution in [1.29, 1.82) is 0 Å². The van der Waals surface area contributed by atoms with Gasteiger partial charge in [-0.25, -0.2) is 19.2 Å². The first-order chi connectivity index (χ1) is 30.5. The van der Waals surface area contributed by atoms with Gasteiger partial charge >= 0.3 is 23.9 Å². The van der Waals surface area contributed by atoms with Crippen molar-refractivity contribution < 1.29 is 42.9 Å². The van der Waals surface area contributed by atoms with Crippen molar-refractivity contribution in [3.05, 3.63) is 187 Å². The Kier molecular flexibility index (Phi) is 14.9. The number of anilines is 6. The fraction of sp³-hybridized carbons (Fsp3) is 0.154. The Hall–Kier alpha value is -7.92. The number of ether oxygens (including phenoxy) is 5. The number of para-hydroxylation sites is 2. The van der Waals surface area contributed by atoms with Crippen molar-refractivity contribution in [3.63, 3.8) is 0 Å². The van der Waals surface area contributed by atoms with Crippen LogP contribution in [0, 0.1) is 6.92 Å². The van der Waals surface area contributed by atoms with E-state index in [4.69, 9.17) is 23.7 Å². The minimum Gasteiger partial charge on any atom is -0.495 e. The molecule has 0 atom stereocenters. The standard InChI is InChI=1S/C52H48N2O9/c1-7-60-49(55)36(4)33-62-51(57)38-19-25-44(26-20-38)53(42-15-11-9-12-16-42)46-29-23-40(31-35(46)3)41-24-30-47(48(32-41)59-6)54(43-17-13-10-14-18-43)45-27-21-39(22-28-45)52(58)63-34-37(5)50(56)61-8-2/h9-32H,4-5,7-8,33-34H2,1-3,6H3. The molecule has 6 aromatic carbocycles. The quantitative estimate of drug-likeness (QED) is 0.0467. The van der Waals surface area contributed by atoms with E-state index in [1.54, 1.807) is 45.2 Å². The van der Waals surface area contributed by atoms with Crippen LogP contribution < -0.4 is 14.5 Å². The molecular formula is C52H48N2O9. The maximum Gasteiger partial charge on any atom is 0.338 e. The van der Waals surface area contributed by atoms with Crippen LogP contribution >= 0.6 is 0 Å². The minimum atomic E-state index is -0.610. The van der Waals surface area contributed by atoms with Gasteiger partial charge in [-0.1, -0.05) is 61.7 Å². The largest absolute Gasteiger partial charge is 0.495 e. The third-order valence-electron chi connectivity index (χ3n) is 9.83. The summed E-state index contributed by atoms with van der Waals surface area (Å²) in [6.45, 7) is 12.6. The number of benzene rings is 6. The third kappa shape index (κ3) is 10.9. The van der Waals surface area contributed by atoms with E-state index in [1.807, 2.05) is 108 Å². The van der Waals surface area contributed by atoms with E-state index in [-0.39, 0.29) is 37.6 Å². The van der Waals surface area contributed by atoms with E-state index in [0.29, 0.717) is 16.9 Å². The molecule has 0 amide bonds. The topological polar surface area (TPSA) is 121 Å². The van der Waals surface area contributed by atoms with Gasteiger partial charge in [0, 0.05) is 28.4 Å². The number of rotatable bonds is 18. The van der Waals surface area contributed by atoms with Gasteiger partial charge in [0.05, 0.1) is 48.3 Å². The maximum absolute atomic E-state index is 12.9. The highest BCUT2D eigenvalue weighted by Gasteiger charge is 2.21. The average Bonchev–Trinajstić information content (AvgIpc) is 3.31. The molecule has 0 fully saturated rings. The van der Waals surface area contributed by atoms with Gasteiger partial charge in [0.2, 0.25) is 0 Å². The van der Waals surface area contributed by atoms with Crippen LogP contribution in [0.2, 0.25) is 0 Å². The van der Waals surface area contributed by atoms with E-state index < -0.39 is 23.9 Å². The van der Waals surface area contributed by atoms with Gasteiger partial charge in [0.1, 0.15) is 19.0 Å². The highest BCUT2D eigenvalue weighted by molar-refractivity contribution is 5.94. The lowest BCUT2D eigenvalue weighted by molar-refractivity contribution is -0.139. The number of hydrogen-bond donors (Lipinski definition) is 0. The first-order valence-corrected chi connectivity index (χ1v) is 20.3. The van der Waals surface area contributed by atoms with Crippen LogP contribution in [0.3, 0.4) is 0 Å². The lowest BCUT2D eigenvalue weighted by Crippen LogP contribution is -2.15. The molecule has 6 rings (SSSR count). The maximum atomic E-state index is 12.9. The van der Waals surface area contributed by atoms with Crippen molar-refractivity contribution in [1.82, 2.24) is 0 Å². The second-order valence-electron chi connectivity index (χ2n) is 14.1. The Morgan fingerprint density at radius 3 is 1.30 bits per heavy atom. The molecular weight excluding hydrogens is 797 g/mol. The van der Waals surface area contributed by atoms with Gasteiger partial charge in [0.15, 0.2) is 0 Å². The highest BCUT2D eigenvalue weighted by Crippen LogP contribution is 2.43. The van der Waals surface area contributed by atoms with Gasteiger partial charge in [-0.05, 0) is 135 Å². The Balaban J connectivity index is 1.26. The molecule has 0 spiro atoms. The van der Waals surface area contributed by atoms with Gasteiger partial charge in [0.25, 0.3) is 0 Å². The van der Waals surface area contributed by atoms with Crippen molar-refractivity contribution in [2.24, 2.45) is 0 Å². The monoisotopic (exact) mass is 844 g/mol. The number of hydrogen-bond acceptors (Lipinski definition) is 11. The number of aryl methyl sites for hydroxylation is 1. The summed E-state index contributed by atoms with van der Waals surface area (Å²) in [6.07, 6.45) is 0. The molecule has 0 heterocycles. The fourth-order valence-electron chi connectivity index (χ4n) is 6.69. The molecule has 0 N–H and O–H groups in total. The minimum absolute atomic E-state index is 0.0515. The molecule has 6 aromatic rings. The van der Waals surface area contributed by atoms with Crippen molar-refractivity contribution in [2.45, 2.75) is 20.8 Å². The molecule has 0 aliphatic carbocycles. The van der Waals surface area contributed by atoms with Crippen molar-refractivity contribution >= 4 is 58.0 Å². The average molecular weight is 845 g/mol. The van der Waals surface area contributed by atoms with Crippen LogP contribution in [0.15, 0.2) is 170 Å². The summed E-state index contributed by atoms with van der Waals surface area (Å²) in [5.41, 5.74) is 8.73. The molecule has 63 heavy (non-hydrogen) atoms. The van der Waals surface area contributed by atoms with Gasteiger partial charge in [-0.15, -0.1) is 0 Å². The van der Waals surface area contributed by atoms with Crippen molar-refractivity contribution in [2.75, 3.05) is 43.3 Å². The van der Waals surface area contributed by atoms with Crippen LogP contribution in [0.5, 0.6) is 5.75 Å². The van der Waals surface area contributed by atoms with E-state index >= 15 is 0 Å². The Bertz CT molecular complexity index is 2590. The SMILES string of the molecule is C=C(COC(=O)c1ccc(N(c2ccccc2)c2ccc(-c3ccc(N(c4ccccc4)c4ccc(C(=O)OCC(=C)C(=O)OCC)cc4)c(OC)c3)cc2C)cc1)C(=O)OCC. The summed E-state index contributed by atoms with van der Waals surface area (Å²) >= 11 is 0. The van der Waals surface area contributed by atoms with Crippen LogP contribution in [-0.4, -0.2) is 57.4 Å². The summed E-state index contributed by atoms with van der Waals surface area (Å²) in [7, 11) is 1.63. The van der Waals surface area contributed by atoms with E-state index in [0.717, 1.165) is 50.8 Å². The van der Waals surface area contributed by atoms with Crippen molar-refractivity contribution in [3.8, 4) is 16.9 Å². The molecule has 11 nitrogen and oxygen atoms in total. The smallest absolute Gasteiger partial charge is 0.338 e. The first-order valence-electron chi connectivity index (χ1n) is 20.3. The summed E-state index contributed by atoms with van der Waals surface area (Å²) < 4.78 is 26.5. The number of esters is 4. The Morgan fingerprint density at radius 1 is 0.492 bits per heavy atom. The number of carbonyl (C=O) groups is 4. The Morgan fingerprint density at radius 2 is 0.889 bits per heavy atom.